The molecule has 0 amide bonds. The van der Waals surface area contributed by atoms with Gasteiger partial charge in [0, 0.05) is 24.5 Å². The molecule has 0 radical (unpaired) electrons. The Morgan fingerprint density at radius 1 is 1.25 bits per heavy atom. The SMILES string of the molecule is COc1ccc(CN[C@H](C)c2onc(-c3cccnc3)c2C(=O)O)cc1.Cl.Cl. The number of rotatable bonds is 7. The van der Waals surface area contributed by atoms with Crippen LogP contribution in [0.25, 0.3) is 11.3 Å². The Morgan fingerprint density at radius 2 is 1.96 bits per heavy atom. The fraction of sp³-hybridized carbons (Fsp3) is 0.211. The molecule has 0 saturated carbocycles. The van der Waals surface area contributed by atoms with E-state index in [4.69, 9.17) is 9.26 Å². The number of halogens is 2. The van der Waals surface area contributed by atoms with Crippen molar-refractivity contribution in [3.05, 3.63) is 65.7 Å². The van der Waals surface area contributed by atoms with E-state index in [2.05, 4.69) is 15.5 Å². The van der Waals surface area contributed by atoms with Gasteiger partial charge in [-0.1, -0.05) is 17.3 Å². The average molecular weight is 426 g/mol. The van der Waals surface area contributed by atoms with Crippen molar-refractivity contribution < 1.29 is 19.2 Å². The van der Waals surface area contributed by atoms with E-state index in [-0.39, 0.29) is 47.9 Å². The number of methoxy groups -OCH3 is 1. The van der Waals surface area contributed by atoms with Gasteiger partial charge in [-0.3, -0.25) is 4.98 Å². The van der Waals surface area contributed by atoms with E-state index >= 15 is 0 Å². The number of carbonyl (C=O) groups is 1. The number of carboxylic acid groups (broad SMARTS) is 1. The van der Waals surface area contributed by atoms with E-state index in [0.717, 1.165) is 11.3 Å². The first-order valence-corrected chi connectivity index (χ1v) is 8.09. The third-order valence-electron chi connectivity index (χ3n) is 4.03. The summed E-state index contributed by atoms with van der Waals surface area (Å²) in [5.41, 5.74) is 1.97. The number of carboxylic acids is 1. The number of benzene rings is 1. The summed E-state index contributed by atoms with van der Waals surface area (Å²) >= 11 is 0. The fourth-order valence-corrected chi connectivity index (χ4v) is 2.61. The van der Waals surface area contributed by atoms with Gasteiger partial charge in [0.05, 0.1) is 13.2 Å². The van der Waals surface area contributed by atoms with Gasteiger partial charge in [0.25, 0.3) is 0 Å². The van der Waals surface area contributed by atoms with Crippen molar-refractivity contribution in [1.82, 2.24) is 15.5 Å². The van der Waals surface area contributed by atoms with E-state index in [0.29, 0.717) is 12.1 Å². The molecule has 0 bridgehead atoms. The molecule has 2 aromatic heterocycles. The Balaban J connectivity index is 0.00000196. The van der Waals surface area contributed by atoms with Crippen LogP contribution in [-0.4, -0.2) is 28.3 Å². The van der Waals surface area contributed by atoms with Crippen LogP contribution in [0.3, 0.4) is 0 Å². The summed E-state index contributed by atoms with van der Waals surface area (Å²) in [4.78, 5) is 15.8. The second-order valence-electron chi connectivity index (χ2n) is 5.77. The van der Waals surface area contributed by atoms with Gasteiger partial charge in [0.15, 0.2) is 5.76 Å². The lowest BCUT2D eigenvalue weighted by atomic mass is 10.0. The van der Waals surface area contributed by atoms with Crippen LogP contribution >= 0.6 is 24.8 Å². The maximum Gasteiger partial charge on any atom is 0.341 e. The Kier molecular flexibility index (Phi) is 8.91. The Hall–Kier alpha value is -2.61. The van der Waals surface area contributed by atoms with Gasteiger partial charge < -0.3 is 19.7 Å². The lowest BCUT2D eigenvalue weighted by Crippen LogP contribution is -2.19. The zero-order valence-electron chi connectivity index (χ0n) is 15.3. The number of ether oxygens (including phenoxy) is 1. The largest absolute Gasteiger partial charge is 0.497 e. The van der Waals surface area contributed by atoms with Gasteiger partial charge in [-0.15, -0.1) is 24.8 Å². The van der Waals surface area contributed by atoms with Crippen molar-refractivity contribution in [2.45, 2.75) is 19.5 Å². The zero-order chi connectivity index (χ0) is 18.5. The van der Waals surface area contributed by atoms with Gasteiger partial charge in [-0.2, -0.15) is 0 Å². The second-order valence-corrected chi connectivity index (χ2v) is 5.77. The van der Waals surface area contributed by atoms with Crippen LogP contribution in [0.15, 0.2) is 53.3 Å². The Morgan fingerprint density at radius 3 is 2.54 bits per heavy atom. The molecule has 7 nitrogen and oxygen atoms in total. The van der Waals surface area contributed by atoms with Crippen molar-refractivity contribution in [1.29, 1.82) is 0 Å². The van der Waals surface area contributed by atoms with Crippen LogP contribution in [0.2, 0.25) is 0 Å². The van der Waals surface area contributed by atoms with Gasteiger partial charge in [-0.25, -0.2) is 4.79 Å². The van der Waals surface area contributed by atoms with Crippen molar-refractivity contribution in [2.24, 2.45) is 0 Å². The number of nitrogens with zero attached hydrogens (tertiary/aromatic N) is 2. The van der Waals surface area contributed by atoms with Crippen LogP contribution in [0, 0.1) is 0 Å². The number of pyridine rings is 1. The van der Waals surface area contributed by atoms with Crippen molar-refractivity contribution >= 4 is 30.8 Å². The quantitative estimate of drug-likeness (QED) is 0.586. The molecule has 0 spiro atoms. The molecule has 150 valence electrons. The molecule has 1 atom stereocenters. The van der Waals surface area contributed by atoms with E-state index in [1.807, 2.05) is 31.2 Å². The van der Waals surface area contributed by atoms with E-state index in [1.165, 1.54) is 0 Å². The molecule has 1 aromatic carbocycles. The summed E-state index contributed by atoms with van der Waals surface area (Å²) in [6, 6.07) is 10.8. The molecule has 0 aliphatic heterocycles. The number of aromatic carboxylic acids is 1. The van der Waals surface area contributed by atoms with Crippen molar-refractivity contribution in [3.8, 4) is 17.0 Å². The summed E-state index contributed by atoms with van der Waals surface area (Å²) in [5, 5.41) is 16.8. The molecule has 0 aliphatic rings. The van der Waals surface area contributed by atoms with Gasteiger partial charge in [0.2, 0.25) is 0 Å². The number of nitrogens with one attached hydrogen (secondary N) is 1. The Bertz CT molecular complexity index is 886. The maximum absolute atomic E-state index is 11.8. The van der Waals surface area contributed by atoms with E-state index in [9.17, 15) is 9.90 Å². The molecular formula is C19H21Cl2N3O4. The van der Waals surface area contributed by atoms with E-state index in [1.54, 1.807) is 31.6 Å². The lowest BCUT2D eigenvalue weighted by molar-refractivity contribution is 0.0694. The van der Waals surface area contributed by atoms with Crippen LogP contribution < -0.4 is 10.1 Å². The van der Waals surface area contributed by atoms with Gasteiger partial charge >= 0.3 is 5.97 Å². The predicted molar refractivity (Wildman–Crippen MR) is 109 cm³/mol. The predicted octanol–water partition coefficient (Wildman–Crippen LogP) is 4.14. The summed E-state index contributed by atoms with van der Waals surface area (Å²) < 4.78 is 10.5. The minimum absolute atomic E-state index is 0. The molecule has 3 aromatic rings. The summed E-state index contributed by atoms with van der Waals surface area (Å²) in [6.45, 7) is 2.39. The number of hydrogen-bond acceptors (Lipinski definition) is 6. The first-order chi connectivity index (χ1) is 12.6. The maximum atomic E-state index is 11.8. The highest BCUT2D eigenvalue weighted by molar-refractivity contribution is 5.95. The van der Waals surface area contributed by atoms with Crippen LogP contribution in [0.4, 0.5) is 0 Å². The minimum atomic E-state index is -1.08. The van der Waals surface area contributed by atoms with Crippen molar-refractivity contribution in [3.63, 3.8) is 0 Å². The average Bonchev–Trinajstić information content (AvgIpc) is 3.13. The highest BCUT2D eigenvalue weighted by Crippen LogP contribution is 2.29. The summed E-state index contributed by atoms with van der Waals surface area (Å²) in [6.07, 6.45) is 3.17. The highest BCUT2D eigenvalue weighted by Gasteiger charge is 2.27. The number of hydrogen-bond donors (Lipinski definition) is 2. The normalized spacial score (nSPS) is 11.1. The molecule has 2 heterocycles. The molecule has 0 fully saturated rings. The fourth-order valence-electron chi connectivity index (χ4n) is 2.61. The number of aromatic nitrogens is 2. The van der Waals surface area contributed by atoms with Crippen LogP contribution in [0.5, 0.6) is 5.75 Å². The minimum Gasteiger partial charge on any atom is -0.497 e. The zero-order valence-corrected chi connectivity index (χ0v) is 16.9. The molecule has 0 aliphatic carbocycles. The van der Waals surface area contributed by atoms with E-state index < -0.39 is 5.97 Å². The third kappa shape index (κ3) is 5.22. The monoisotopic (exact) mass is 425 g/mol. The first-order valence-electron chi connectivity index (χ1n) is 8.09. The smallest absolute Gasteiger partial charge is 0.341 e. The van der Waals surface area contributed by atoms with Gasteiger partial charge in [0.1, 0.15) is 17.0 Å². The van der Waals surface area contributed by atoms with Crippen LogP contribution in [0.1, 0.15) is 34.6 Å². The van der Waals surface area contributed by atoms with Crippen molar-refractivity contribution in [2.75, 3.05) is 7.11 Å². The molecule has 0 saturated heterocycles. The highest BCUT2D eigenvalue weighted by atomic mass is 35.5. The standard InChI is InChI=1S/C19H19N3O4.2ClH/c1-12(21-10-13-5-7-15(25-2)8-6-13)18-16(19(23)24)17(22-26-18)14-4-3-9-20-11-14;;/h3-9,11-12,21H,10H2,1-2H3,(H,23,24);2*1H/t12-;;/m1../s1. The summed E-state index contributed by atoms with van der Waals surface area (Å²) in [5.74, 6) is -0.0191. The Labute approximate surface area is 174 Å². The molecule has 9 heteroatoms. The lowest BCUT2D eigenvalue weighted by Gasteiger charge is -2.12. The molecule has 3 rings (SSSR count). The topological polar surface area (TPSA) is 97.5 Å². The third-order valence-corrected chi connectivity index (χ3v) is 4.03. The molecular weight excluding hydrogens is 405 g/mol. The second kappa shape index (κ2) is 10.7. The van der Waals surface area contributed by atoms with Gasteiger partial charge in [-0.05, 0) is 36.8 Å². The molecule has 28 heavy (non-hydrogen) atoms. The van der Waals surface area contributed by atoms with Crippen LogP contribution in [-0.2, 0) is 6.54 Å². The summed E-state index contributed by atoms with van der Waals surface area (Å²) in [7, 11) is 1.62. The first kappa shape index (κ1) is 23.4. The molecule has 0 unspecified atom stereocenters. The molecule has 2 N–H and O–H groups in total.